The molecule has 2 aromatic carbocycles. The third-order valence-electron chi connectivity index (χ3n) is 17.0. The summed E-state index contributed by atoms with van der Waals surface area (Å²) in [5.41, 5.74) is -8.26. The van der Waals surface area contributed by atoms with Crippen LogP contribution in [-0.2, 0) is 57.0 Å². The number of rotatable bonds is 17. The van der Waals surface area contributed by atoms with Crippen LogP contribution >= 0.6 is 0 Å². The molecule has 0 spiro atoms. The number of alkyl carbamates (subject to hydrolysis) is 1. The Kier molecular flexibility index (Phi) is 17.4. The standard InChI is InChI=1S/C58H77NO17Si/c1-16-28-68-50(65)72-40-30-41-57(34-71-41,75-36(4)61)44-47(74-48(63)38-26-22-19-23-27-38)58(67)31-39(35(3)42(54(58,11)12)43(46(62)55(40,44)13)73-51(66)69-29-17-2)70-33-56(32-60,77(14,15)53(8,9)10)45(37-24-20-18-21-25-37)59-49(64)76-52(5,6)7/h16-27,32,39-41,43-45,47,67H,1-2,28-31,33-34H2,3-15H3,(H,59,64)/t39-,40-,41+,43+,44-,45-,47-,55+,56+,57-,58+/m0/s1. The van der Waals surface area contributed by atoms with Gasteiger partial charge < -0.3 is 57.8 Å². The van der Waals surface area contributed by atoms with Crippen LogP contribution in [0.4, 0.5) is 14.4 Å². The Hall–Kier alpha value is -6.15. The maximum Gasteiger partial charge on any atom is 0.509 e. The zero-order valence-corrected chi connectivity index (χ0v) is 47.7. The van der Waals surface area contributed by atoms with Crippen LogP contribution in [0.3, 0.4) is 0 Å². The van der Waals surface area contributed by atoms with Crippen LogP contribution in [0.2, 0.25) is 23.2 Å². The quantitative estimate of drug-likeness (QED) is 0.0493. The lowest BCUT2D eigenvalue weighted by molar-refractivity contribution is -0.346. The zero-order valence-electron chi connectivity index (χ0n) is 46.7. The van der Waals surface area contributed by atoms with Crippen LogP contribution in [-0.4, -0.2) is 129 Å². The number of ether oxygens (including phenoxy) is 9. The molecule has 2 bridgehead atoms. The number of aliphatic hydroxyl groups is 1. The summed E-state index contributed by atoms with van der Waals surface area (Å²) < 4.78 is 54.9. The highest BCUT2D eigenvalue weighted by Crippen LogP contribution is 2.66. The van der Waals surface area contributed by atoms with Gasteiger partial charge in [-0.05, 0) is 68.5 Å². The lowest BCUT2D eigenvalue weighted by Gasteiger charge is -2.67. The van der Waals surface area contributed by atoms with Crippen molar-refractivity contribution in [1.29, 1.82) is 0 Å². The summed E-state index contributed by atoms with van der Waals surface area (Å²) in [6.07, 6.45) is -8.46. The molecule has 2 aromatic rings. The average Bonchev–Trinajstić information content (AvgIpc) is 3.34. The van der Waals surface area contributed by atoms with Crippen molar-refractivity contribution in [1.82, 2.24) is 5.32 Å². The number of amides is 1. The van der Waals surface area contributed by atoms with Gasteiger partial charge in [-0.2, -0.15) is 0 Å². The van der Waals surface area contributed by atoms with Crippen molar-refractivity contribution in [3.63, 3.8) is 0 Å². The van der Waals surface area contributed by atoms with Crippen molar-refractivity contribution < 1.29 is 81.3 Å². The molecule has 3 fully saturated rings. The van der Waals surface area contributed by atoms with Crippen LogP contribution in [0.5, 0.6) is 0 Å². The van der Waals surface area contributed by atoms with Crippen LogP contribution in [0.25, 0.3) is 0 Å². The third kappa shape index (κ3) is 11.0. The summed E-state index contributed by atoms with van der Waals surface area (Å²) in [7, 11) is -3.16. The molecule has 0 unspecified atom stereocenters. The van der Waals surface area contributed by atoms with Gasteiger partial charge in [0.25, 0.3) is 0 Å². The Balaban J connectivity index is 1.68. The van der Waals surface area contributed by atoms with Crippen LogP contribution in [0.15, 0.2) is 97.1 Å². The van der Waals surface area contributed by atoms with Crippen molar-refractivity contribution in [3.8, 4) is 0 Å². The van der Waals surface area contributed by atoms with E-state index < -0.39 is 137 Å². The maximum absolute atomic E-state index is 16.5. The molecule has 420 valence electrons. The predicted molar refractivity (Wildman–Crippen MR) is 284 cm³/mol. The number of ketones is 1. The van der Waals surface area contributed by atoms with E-state index in [1.807, 2.05) is 39.9 Å². The van der Waals surface area contributed by atoms with Crippen LogP contribution in [0, 0.1) is 16.7 Å². The van der Waals surface area contributed by atoms with E-state index in [0.29, 0.717) is 5.56 Å². The largest absolute Gasteiger partial charge is 0.509 e. The van der Waals surface area contributed by atoms with Gasteiger partial charge >= 0.3 is 30.3 Å². The molecule has 1 amide bonds. The van der Waals surface area contributed by atoms with Gasteiger partial charge in [-0.3, -0.25) is 9.59 Å². The van der Waals surface area contributed by atoms with Crippen molar-refractivity contribution in [2.75, 3.05) is 26.4 Å². The molecule has 18 nitrogen and oxygen atoms in total. The van der Waals surface area contributed by atoms with Gasteiger partial charge in [0.2, 0.25) is 0 Å². The molecule has 2 N–H and O–H groups in total. The normalized spacial score (nSPS) is 28.8. The Morgan fingerprint density at radius 1 is 0.883 bits per heavy atom. The van der Waals surface area contributed by atoms with E-state index in [2.05, 4.69) is 18.5 Å². The van der Waals surface area contributed by atoms with Crippen LogP contribution < -0.4 is 5.32 Å². The first-order valence-electron chi connectivity index (χ1n) is 25.9. The van der Waals surface area contributed by atoms with Gasteiger partial charge in [0.1, 0.15) is 49.0 Å². The highest BCUT2D eigenvalue weighted by molar-refractivity contribution is 6.85. The smallest absolute Gasteiger partial charge is 0.455 e. The molecule has 1 saturated heterocycles. The Bertz CT molecular complexity index is 2620. The van der Waals surface area contributed by atoms with Gasteiger partial charge in [0.05, 0.1) is 55.4 Å². The summed E-state index contributed by atoms with van der Waals surface area (Å²) >= 11 is 0. The number of carbonyl (C=O) groups is 7. The third-order valence-corrected chi connectivity index (χ3v) is 23.7. The highest BCUT2D eigenvalue weighted by Gasteiger charge is 2.79. The average molecular weight is 1090 g/mol. The molecule has 0 radical (unpaired) electrons. The molecule has 4 aliphatic rings. The predicted octanol–water partition coefficient (Wildman–Crippen LogP) is 9.51. The maximum atomic E-state index is 16.5. The van der Waals surface area contributed by atoms with E-state index in [0.717, 1.165) is 13.2 Å². The van der Waals surface area contributed by atoms with E-state index in [9.17, 15) is 33.9 Å². The van der Waals surface area contributed by atoms with Gasteiger partial charge in [-0.25, -0.2) is 19.2 Å². The molecule has 2 saturated carbocycles. The summed E-state index contributed by atoms with van der Waals surface area (Å²) in [6.45, 7) is 28.5. The van der Waals surface area contributed by atoms with E-state index in [-0.39, 0.29) is 43.0 Å². The fraction of sp³-hybridized carbons (Fsp3) is 0.569. The minimum Gasteiger partial charge on any atom is -0.455 e. The first-order chi connectivity index (χ1) is 35.8. The Morgan fingerprint density at radius 3 is 1.96 bits per heavy atom. The Labute approximate surface area is 452 Å². The number of Topliss-reactive ketones (excluding diaryl/α,β-unsaturated/α-hetero) is 1. The van der Waals surface area contributed by atoms with Gasteiger partial charge in [0, 0.05) is 25.2 Å². The second-order valence-electron chi connectivity index (χ2n) is 23.9. The van der Waals surface area contributed by atoms with Crippen molar-refractivity contribution >= 4 is 50.5 Å². The zero-order chi connectivity index (χ0) is 57.3. The lowest BCUT2D eigenvalue weighted by Crippen LogP contribution is -2.82. The first kappa shape index (κ1) is 60.1. The van der Waals surface area contributed by atoms with Crippen LogP contribution in [0.1, 0.15) is 111 Å². The topological polar surface area (TPSA) is 235 Å². The van der Waals surface area contributed by atoms with Crippen molar-refractivity contribution in [3.05, 3.63) is 108 Å². The highest BCUT2D eigenvalue weighted by atomic mass is 28.3. The van der Waals surface area contributed by atoms with Gasteiger partial charge in [0.15, 0.2) is 17.5 Å². The number of hydrogen-bond donors (Lipinski definition) is 2. The molecular weight excluding hydrogens is 1010 g/mol. The molecule has 6 rings (SSSR count). The molecule has 1 aliphatic heterocycles. The number of fused-ring (bicyclic) bond motifs is 5. The molecule has 77 heavy (non-hydrogen) atoms. The second-order valence-corrected chi connectivity index (χ2v) is 29.6. The van der Waals surface area contributed by atoms with E-state index >= 15 is 4.79 Å². The summed E-state index contributed by atoms with van der Waals surface area (Å²) in [5.74, 6) is -4.34. The molecule has 19 heteroatoms. The summed E-state index contributed by atoms with van der Waals surface area (Å²) in [6, 6.07) is 15.8. The summed E-state index contributed by atoms with van der Waals surface area (Å²) in [4.78, 5) is 101. The van der Waals surface area contributed by atoms with Crippen molar-refractivity contribution in [2.45, 2.75) is 166 Å². The molecule has 0 aromatic heterocycles. The molecule has 3 aliphatic carbocycles. The van der Waals surface area contributed by atoms with Gasteiger partial charge in [-0.1, -0.05) is 122 Å². The number of benzene rings is 2. The lowest BCUT2D eigenvalue weighted by atomic mass is 9.44. The second kappa shape index (κ2) is 22.3. The monoisotopic (exact) mass is 1090 g/mol. The van der Waals surface area contributed by atoms with Gasteiger partial charge in [-0.15, -0.1) is 0 Å². The summed E-state index contributed by atoms with van der Waals surface area (Å²) in [5, 5.41) is 15.4. The molecule has 1 heterocycles. The number of esters is 2. The minimum atomic E-state index is -3.16. The van der Waals surface area contributed by atoms with E-state index in [1.165, 1.54) is 31.2 Å². The fourth-order valence-corrected chi connectivity index (χ4v) is 15.1. The molecular formula is C58H77NO17Si. The minimum absolute atomic E-state index is 0.00857. The van der Waals surface area contributed by atoms with Crippen molar-refractivity contribution in [2.24, 2.45) is 16.7 Å². The number of hydrogen-bond acceptors (Lipinski definition) is 17. The van der Waals surface area contributed by atoms with E-state index in [1.54, 1.807) is 84.0 Å². The fourth-order valence-electron chi connectivity index (χ4n) is 12.0. The SMILES string of the molecule is C=CCOC(=O)O[C@H]1C(=O)[C@]2(C)[C@@H](OC(=O)OCC=C)C[C@H]3OC[C@@]3(OC(C)=O)[C@H]2[C@H](OC(=O)c2ccccc2)[C@]2(O)C[C@H](OC[C@](C=O)([C@@H](NC(=O)OC(C)(C)C)c3ccccc3)[Si](C)(C)C(C)(C)C)C(C)=C1C2(C)C. The number of carbonyl (C=O) groups excluding carboxylic acids is 7. The van der Waals surface area contributed by atoms with E-state index in [4.69, 9.17) is 42.6 Å². The molecule has 11 atom stereocenters. The first-order valence-corrected chi connectivity index (χ1v) is 28.9. The number of nitrogens with one attached hydrogen (secondary N) is 1. The Morgan fingerprint density at radius 2 is 1.45 bits per heavy atom. The number of aldehydes is 1.